The zero-order valence-electron chi connectivity index (χ0n) is 12.2. The van der Waals surface area contributed by atoms with Gasteiger partial charge in [0.1, 0.15) is 5.75 Å². The van der Waals surface area contributed by atoms with Crippen LogP contribution in [0.2, 0.25) is 0 Å². The van der Waals surface area contributed by atoms with E-state index in [0.717, 1.165) is 12.2 Å². The van der Waals surface area contributed by atoms with Gasteiger partial charge in [-0.05, 0) is 46.2 Å². The number of hydrogen-bond donors (Lipinski definition) is 2. The van der Waals surface area contributed by atoms with Crippen molar-refractivity contribution in [3.05, 3.63) is 71.8 Å². The van der Waals surface area contributed by atoms with Gasteiger partial charge in [0.15, 0.2) is 0 Å². The molecule has 0 aliphatic carbocycles. The number of aromatic hydroxyl groups is 1. The van der Waals surface area contributed by atoms with Gasteiger partial charge >= 0.3 is 0 Å². The van der Waals surface area contributed by atoms with Crippen LogP contribution in [0.25, 0.3) is 10.8 Å². The number of phenols is 1. The average molecular weight is 290 g/mol. The lowest BCUT2D eigenvalue weighted by Gasteiger charge is -2.26. The minimum Gasteiger partial charge on any atom is -0.508 e. The number of nitrogens with two attached hydrogens (primary N) is 1. The van der Waals surface area contributed by atoms with E-state index in [4.69, 9.17) is 5.73 Å². The van der Waals surface area contributed by atoms with Crippen LogP contribution in [0.5, 0.6) is 5.75 Å². The molecule has 0 radical (unpaired) electrons. The Morgan fingerprint density at radius 1 is 1.00 bits per heavy atom. The highest BCUT2D eigenvalue weighted by Crippen LogP contribution is 2.40. The predicted molar refractivity (Wildman–Crippen MR) is 90.0 cm³/mol. The molecule has 0 spiro atoms. The summed E-state index contributed by atoms with van der Waals surface area (Å²) in [6.07, 6.45) is 0. The average Bonchev–Trinajstić information content (AvgIpc) is 2.94. The molecule has 1 heterocycles. The van der Waals surface area contributed by atoms with Gasteiger partial charge in [-0.2, -0.15) is 0 Å². The van der Waals surface area contributed by atoms with Gasteiger partial charge in [-0.1, -0.05) is 36.4 Å². The summed E-state index contributed by atoms with van der Waals surface area (Å²) in [4.78, 5) is 2.32. The number of benzene rings is 3. The van der Waals surface area contributed by atoms with Crippen LogP contribution in [0.3, 0.4) is 0 Å². The third kappa shape index (κ3) is 1.94. The molecule has 1 unspecified atom stereocenters. The van der Waals surface area contributed by atoms with Crippen LogP contribution in [0.1, 0.15) is 17.2 Å². The molecule has 0 bridgehead atoms. The van der Waals surface area contributed by atoms with E-state index in [1.54, 1.807) is 12.1 Å². The second-order valence-electron chi connectivity index (χ2n) is 5.75. The Hall–Kier alpha value is -2.52. The molecule has 1 aliphatic heterocycles. The van der Waals surface area contributed by atoms with Gasteiger partial charge < -0.3 is 15.7 Å². The normalized spacial score (nSPS) is 17.0. The zero-order valence-corrected chi connectivity index (χ0v) is 12.2. The molecule has 0 saturated heterocycles. The number of fused-ring (bicyclic) bond motifs is 3. The Morgan fingerprint density at radius 3 is 2.55 bits per heavy atom. The van der Waals surface area contributed by atoms with Crippen molar-refractivity contribution in [1.29, 1.82) is 0 Å². The van der Waals surface area contributed by atoms with Gasteiger partial charge in [-0.25, -0.2) is 0 Å². The minimum atomic E-state index is 0.184. The van der Waals surface area contributed by atoms with Crippen molar-refractivity contribution in [2.45, 2.75) is 12.6 Å². The van der Waals surface area contributed by atoms with E-state index in [1.807, 2.05) is 12.1 Å². The summed E-state index contributed by atoms with van der Waals surface area (Å²) in [6, 6.07) is 20.4. The number of nitrogens with zero attached hydrogens (tertiary/aromatic N) is 1. The van der Waals surface area contributed by atoms with E-state index >= 15 is 0 Å². The largest absolute Gasteiger partial charge is 0.508 e. The Morgan fingerprint density at radius 2 is 1.77 bits per heavy atom. The maximum atomic E-state index is 9.49. The fraction of sp³-hybridized carbons (Fsp3) is 0.158. The summed E-state index contributed by atoms with van der Waals surface area (Å²) >= 11 is 0. The SMILES string of the molecule is NCC1c2ccc3ccccc3c2CN1c1ccc(O)cc1. The lowest BCUT2D eigenvalue weighted by atomic mass is 9.98. The van der Waals surface area contributed by atoms with Crippen molar-refractivity contribution in [3.8, 4) is 5.75 Å². The molecule has 1 aliphatic rings. The zero-order chi connectivity index (χ0) is 15.1. The first kappa shape index (κ1) is 13.2. The first-order valence-corrected chi connectivity index (χ1v) is 7.54. The molecular weight excluding hydrogens is 272 g/mol. The van der Waals surface area contributed by atoms with E-state index in [9.17, 15) is 5.11 Å². The van der Waals surface area contributed by atoms with Crippen molar-refractivity contribution in [2.75, 3.05) is 11.4 Å². The van der Waals surface area contributed by atoms with Gasteiger partial charge in [-0.3, -0.25) is 0 Å². The molecule has 3 heteroatoms. The van der Waals surface area contributed by atoms with Gasteiger partial charge in [0, 0.05) is 18.8 Å². The molecule has 110 valence electrons. The third-order valence-electron chi connectivity index (χ3n) is 4.55. The maximum Gasteiger partial charge on any atom is 0.115 e. The summed E-state index contributed by atoms with van der Waals surface area (Å²) in [6.45, 7) is 1.43. The highest BCUT2D eigenvalue weighted by atomic mass is 16.3. The Balaban J connectivity index is 1.84. The van der Waals surface area contributed by atoms with E-state index in [2.05, 4.69) is 41.3 Å². The van der Waals surface area contributed by atoms with Gasteiger partial charge in [0.2, 0.25) is 0 Å². The summed E-state index contributed by atoms with van der Waals surface area (Å²) in [7, 11) is 0. The fourth-order valence-corrected chi connectivity index (χ4v) is 3.46. The predicted octanol–water partition coefficient (Wildman–Crippen LogP) is 3.57. The van der Waals surface area contributed by atoms with Crippen LogP contribution < -0.4 is 10.6 Å². The Kier molecular flexibility index (Phi) is 3.01. The van der Waals surface area contributed by atoms with Crippen molar-refractivity contribution in [1.82, 2.24) is 0 Å². The molecule has 3 N–H and O–H groups in total. The highest BCUT2D eigenvalue weighted by molar-refractivity contribution is 5.88. The first-order valence-electron chi connectivity index (χ1n) is 7.54. The maximum absolute atomic E-state index is 9.49. The molecule has 1 atom stereocenters. The van der Waals surface area contributed by atoms with Crippen molar-refractivity contribution in [2.24, 2.45) is 5.73 Å². The number of phenolic OH excluding ortho intramolecular Hbond substituents is 1. The lowest BCUT2D eigenvalue weighted by molar-refractivity contribution is 0.475. The van der Waals surface area contributed by atoms with Crippen LogP contribution >= 0.6 is 0 Å². The van der Waals surface area contributed by atoms with Crippen molar-refractivity contribution in [3.63, 3.8) is 0 Å². The van der Waals surface area contributed by atoms with Crippen LogP contribution in [-0.2, 0) is 6.54 Å². The molecule has 4 rings (SSSR count). The number of hydrogen-bond acceptors (Lipinski definition) is 3. The van der Waals surface area contributed by atoms with Crippen LogP contribution in [0.15, 0.2) is 60.7 Å². The Bertz CT molecular complexity index is 826. The molecule has 3 aromatic carbocycles. The van der Waals surface area contributed by atoms with Crippen molar-refractivity contribution < 1.29 is 5.11 Å². The standard InChI is InChI=1S/C19H18N2O/c20-11-19-17-10-5-13-3-1-2-4-16(13)18(17)12-21(19)14-6-8-15(22)9-7-14/h1-10,19,22H,11-12,20H2. The van der Waals surface area contributed by atoms with Gasteiger partial charge in [0.05, 0.1) is 6.04 Å². The first-order chi connectivity index (χ1) is 10.8. The van der Waals surface area contributed by atoms with Gasteiger partial charge in [0.25, 0.3) is 0 Å². The molecule has 3 aromatic rings. The molecule has 0 saturated carbocycles. The van der Waals surface area contributed by atoms with Crippen LogP contribution in [-0.4, -0.2) is 11.7 Å². The number of rotatable bonds is 2. The van der Waals surface area contributed by atoms with Gasteiger partial charge in [-0.15, -0.1) is 0 Å². The van der Waals surface area contributed by atoms with E-state index in [-0.39, 0.29) is 11.8 Å². The quantitative estimate of drug-likeness (QED) is 0.758. The Labute approximate surface area is 129 Å². The fourth-order valence-electron chi connectivity index (χ4n) is 3.46. The topological polar surface area (TPSA) is 49.5 Å². The molecular formula is C19H18N2O. The molecule has 0 fully saturated rings. The lowest BCUT2D eigenvalue weighted by Crippen LogP contribution is -2.27. The van der Waals surface area contributed by atoms with Crippen LogP contribution in [0.4, 0.5) is 5.69 Å². The molecule has 3 nitrogen and oxygen atoms in total. The van der Waals surface area contributed by atoms with E-state index < -0.39 is 0 Å². The summed E-state index contributed by atoms with van der Waals surface area (Å²) in [5.41, 5.74) is 9.83. The summed E-state index contributed by atoms with van der Waals surface area (Å²) in [5.74, 6) is 0.287. The monoisotopic (exact) mass is 290 g/mol. The number of anilines is 1. The van der Waals surface area contributed by atoms with Crippen molar-refractivity contribution >= 4 is 16.5 Å². The molecule has 0 amide bonds. The third-order valence-corrected chi connectivity index (χ3v) is 4.55. The van der Waals surface area contributed by atoms with E-state index in [1.165, 1.54) is 21.9 Å². The second kappa shape index (κ2) is 5.04. The summed E-state index contributed by atoms with van der Waals surface area (Å²) in [5, 5.41) is 12.1. The van der Waals surface area contributed by atoms with E-state index in [0.29, 0.717) is 6.54 Å². The van der Waals surface area contributed by atoms with Crippen LogP contribution in [0, 0.1) is 0 Å². The molecule has 22 heavy (non-hydrogen) atoms. The minimum absolute atomic E-state index is 0.184. The second-order valence-corrected chi connectivity index (χ2v) is 5.75. The molecule has 0 aromatic heterocycles. The summed E-state index contributed by atoms with van der Waals surface area (Å²) < 4.78 is 0. The smallest absolute Gasteiger partial charge is 0.115 e. The highest BCUT2D eigenvalue weighted by Gasteiger charge is 2.30.